The molecule has 30 heavy (non-hydrogen) atoms. The van der Waals surface area contributed by atoms with E-state index in [-0.39, 0.29) is 24.0 Å². The Kier molecular flexibility index (Phi) is 9.16. The first kappa shape index (κ1) is 25.1. The quantitative estimate of drug-likeness (QED) is 0.603. The minimum absolute atomic E-state index is 0.219. The highest BCUT2D eigenvalue weighted by atomic mass is 16.6. The highest BCUT2D eigenvalue weighted by Crippen LogP contribution is 2.37. The van der Waals surface area contributed by atoms with Crippen molar-refractivity contribution in [1.82, 2.24) is 0 Å². The van der Waals surface area contributed by atoms with E-state index in [1.165, 1.54) is 0 Å². The average Bonchev–Trinajstić information content (AvgIpc) is 2.66. The van der Waals surface area contributed by atoms with Crippen LogP contribution in [0.2, 0.25) is 0 Å². The van der Waals surface area contributed by atoms with Gasteiger partial charge in [-0.2, -0.15) is 0 Å². The summed E-state index contributed by atoms with van der Waals surface area (Å²) in [6.45, 7) is 12.6. The van der Waals surface area contributed by atoms with E-state index in [1.807, 2.05) is 0 Å². The molecule has 6 unspecified atom stereocenters. The minimum atomic E-state index is -1.93. The molecule has 0 spiro atoms. The van der Waals surface area contributed by atoms with Crippen molar-refractivity contribution in [2.45, 2.75) is 104 Å². The van der Waals surface area contributed by atoms with Crippen LogP contribution in [0.15, 0.2) is 0 Å². The Morgan fingerprint density at radius 3 is 1.33 bits per heavy atom. The van der Waals surface area contributed by atoms with E-state index in [0.717, 1.165) is 38.5 Å². The van der Waals surface area contributed by atoms with Crippen LogP contribution >= 0.6 is 0 Å². The first-order valence-electron chi connectivity index (χ1n) is 11.8. The Labute approximate surface area is 181 Å². The second kappa shape index (κ2) is 10.9. The topological polar surface area (TPSA) is 93.1 Å². The Morgan fingerprint density at radius 1 is 0.700 bits per heavy atom. The Bertz CT molecular complexity index is 524. The molecule has 0 heterocycles. The Morgan fingerprint density at radius 2 is 1.03 bits per heavy atom. The van der Waals surface area contributed by atoms with Crippen molar-refractivity contribution in [3.05, 3.63) is 0 Å². The van der Waals surface area contributed by atoms with E-state index in [2.05, 4.69) is 41.5 Å². The van der Waals surface area contributed by atoms with Crippen LogP contribution in [0.25, 0.3) is 0 Å². The van der Waals surface area contributed by atoms with Crippen molar-refractivity contribution >= 4 is 11.9 Å². The van der Waals surface area contributed by atoms with Gasteiger partial charge in [-0.25, -0.2) is 9.59 Å². The summed E-state index contributed by atoms with van der Waals surface area (Å²) in [5, 5.41) is 20.6. The molecule has 2 rings (SSSR count). The average molecular weight is 427 g/mol. The second-order valence-electron chi connectivity index (χ2n) is 10.5. The van der Waals surface area contributed by atoms with E-state index in [1.54, 1.807) is 0 Å². The zero-order valence-corrected chi connectivity index (χ0v) is 19.5. The molecule has 0 amide bonds. The third-order valence-corrected chi connectivity index (χ3v) is 7.24. The molecule has 0 aromatic heterocycles. The summed E-state index contributed by atoms with van der Waals surface area (Å²) in [6, 6.07) is 0. The van der Waals surface area contributed by atoms with Crippen molar-refractivity contribution in [3.8, 4) is 0 Å². The highest BCUT2D eigenvalue weighted by Gasteiger charge is 2.40. The van der Waals surface area contributed by atoms with Gasteiger partial charge in [0.15, 0.2) is 12.2 Å². The van der Waals surface area contributed by atoms with Gasteiger partial charge in [-0.15, -0.1) is 0 Å². The third-order valence-electron chi connectivity index (χ3n) is 7.24. The largest absolute Gasteiger partial charge is 0.460 e. The van der Waals surface area contributed by atoms with Gasteiger partial charge in [-0.05, 0) is 61.2 Å². The molecule has 0 aromatic rings. The van der Waals surface area contributed by atoms with Gasteiger partial charge >= 0.3 is 11.9 Å². The SMILES string of the molecule is CC1CCC(C(C)C)C(OC(=O)[C@@H](O)[C@H](O)C(=O)OC2CC(C)CCC2C(C)C)C1. The number of hydrogen-bond acceptors (Lipinski definition) is 6. The molecular formula is C24H42O6. The maximum absolute atomic E-state index is 12.5. The lowest BCUT2D eigenvalue weighted by Gasteiger charge is -2.38. The van der Waals surface area contributed by atoms with Crippen molar-refractivity contribution in [2.24, 2.45) is 35.5 Å². The van der Waals surface area contributed by atoms with Crippen LogP contribution in [0.5, 0.6) is 0 Å². The molecule has 8 atom stereocenters. The second-order valence-corrected chi connectivity index (χ2v) is 10.5. The van der Waals surface area contributed by atoms with Crippen LogP contribution in [-0.4, -0.2) is 46.6 Å². The first-order valence-corrected chi connectivity index (χ1v) is 11.8. The van der Waals surface area contributed by atoms with Crippen molar-refractivity contribution < 1.29 is 29.3 Å². The normalized spacial score (nSPS) is 34.5. The summed E-state index contributed by atoms with van der Waals surface area (Å²) in [5.41, 5.74) is 0. The molecule has 0 aromatic carbocycles. The van der Waals surface area contributed by atoms with Crippen LogP contribution in [0.1, 0.15) is 80.1 Å². The van der Waals surface area contributed by atoms with Crippen molar-refractivity contribution in [2.75, 3.05) is 0 Å². The number of ether oxygens (including phenoxy) is 2. The third kappa shape index (κ3) is 6.43. The Balaban J connectivity index is 1.96. The predicted octanol–water partition coefficient (Wildman–Crippen LogP) is 3.72. The molecule has 174 valence electrons. The summed E-state index contributed by atoms with van der Waals surface area (Å²) in [5.74, 6) is 0.126. The van der Waals surface area contributed by atoms with Crippen LogP contribution in [0.3, 0.4) is 0 Å². The predicted molar refractivity (Wildman–Crippen MR) is 114 cm³/mol. The van der Waals surface area contributed by atoms with Crippen molar-refractivity contribution in [1.29, 1.82) is 0 Å². The number of carbonyl (C=O) groups is 2. The fourth-order valence-electron chi connectivity index (χ4n) is 5.20. The molecule has 2 saturated carbocycles. The summed E-state index contributed by atoms with van der Waals surface area (Å²) in [6.07, 6.45) is 1.11. The lowest BCUT2D eigenvalue weighted by atomic mass is 9.75. The minimum Gasteiger partial charge on any atom is -0.460 e. The molecule has 2 N–H and O–H groups in total. The number of aliphatic hydroxyl groups excluding tert-OH is 2. The number of carbonyl (C=O) groups excluding carboxylic acids is 2. The summed E-state index contributed by atoms with van der Waals surface area (Å²) >= 11 is 0. The zero-order valence-electron chi connectivity index (χ0n) is 19.5. The molecule has 2 fully saturated rings. The molecular weight excluding hydrogens is 384 g/mol. The van der Waals surface area contributed by atoms with Crippen LogP contribution in [0, 0.1) is 35.5 Å². The van der Waals surface area contributed by atoms with E-state index in [9.17, 15) is 19.8 Å². The van der Waals surface area contributed by atoms with Crippen LogP contribution < -0.4 is 0 Å². The van der Waals surface area contributed by atoms with Gasteiger partial charge in [0.2, 0.25) is 0 Å². The smallest absolute Gasteiger partial charge is 0.338 e. The van der Waals surface area contributed by atoms with E-state index in [4.69, 9.17) is 9.47 Å². The van der Waals surface area contributed by atoms with E-state index >= 15 is 0 Å². The molecule has 6 nitrogen and oxygen atoms in total. The fraction of sp³-hybridized carbons (Fsp3) is 0.917. The number of aliphatic hydroxyl groups is 2. The summed E-state index contributed by atoms with van der Waals surface area (Å²) < 4.78 is 11.2. The van der Waals surface area contributed by atoms with E-state index in [0.29, 0.717) is 23.7 Å². The maximum Gasteiger partial charge on any atom is 0.338 e. The molecule has 2 aliphatic carbocycles. The van der Waals surface area contributed by atoms with Gasteiger partial charge in [-0.3, -0.25) is 0 Å². The molecule has 0 bridgehead atoms. The molecule has 0 radical (unpaired) electrons. The van der Waals surface area contributed by atoms with Gasteiger partial charge in [0.05, 0.1) is 0 Å². The first-order chi connectivity index (χ1) is 14.0. The maximum atomic E-state index is 12.5. The number of rotatable bonds is 7. The summed E-state index contributed by atoms with van der Waals surface area (Å²) in [4.78, 5) is 25.0. The molecule has 6 heteroatoms. The van der Waals surface area contributed by atoms with E-state index < -0.39 is 24.1 Å². The molecule has 0 saturated heterocycles. The van der Waals surface area contributed by atoms with Gasteiger partial charge in [-0.1, -0.05) is 54.4 Å². The van der Waals surface area contributed by atoms with Gasteiger partial charge in [0, 0.05) is 0 Å². The monoisotopic (exact) mass is 426 g/mol. The van der Waals surface area contributed by atoms with Crippen LogP contribution in [-0.2, 0) is 19.1 Å². The number of esters is 2. The summed E-state index contributed by atoms with van der Waals surface area (Å²) in [7, 11) is 0. The van der Waals surface area contributed by atoms with Gasteiger partial charge in [0.1, 0.15) is 12.2 Å². The van der Waals surface area contributed by atoms with Crippen molar-refractivity contribution in [3.63, 3.8) is 0 Å². The van der Waals surface area contributed by atoms with Crippen LogP contribution in [0.4, 0.5) is 0 Å². The lowest BCUT2D eigenvalue weighted by molar-refractivity contribution is -0.185. The molecule has 0 aliphatic heterocycles. The standard InChI is InChI=1S/C24H42O6/c1-13(2)17-9-7-15(5)11-19(17)29-23(27)21(25)22(26)24(28)30-20-12-16(6)8-10-18(20)14(3)4/h13-22,25-26H,7-12H2,1-6H3/t15?,16?,17?,18?,19?,20?,21-,22-/m0/s1. The number of hydrogen-bond donors (Lipinski definition) is 2. The Hall–Kier alpha value is -1.14. The highest BCUT2D eigenvalue weighted by molar-refractivity contribution is 5.85. The lowest BCUT2D eigenvalue weighted by Crippen LogP contribution is -2.47. The zero-order chi connectivity index (χ0) is 22.6. The fourth-order valence-corrected chi connectivity index (χ4v) is 5.20. The van der Waals surface area contributed by atoms with Gasteiger partial charge < -0.3 is 19.7 Å². The van der Waals surface area contributed by atoms with Gasteiger partial charge in [0.25, 0.3) is 0 Å². The molecule has 2 aliphatic rings.